The monoisotopic (exact) mass is 344 g/mol. The van der Waals surface area contributed by atoms with Crippen LogP contribution in [0.3, 0.4) is 0 Å². The van der Waals surface area contributed by atoms with Crippen molar-refractivity contribution in [1.82, 2.24) is 9.71 Å². The highest BCUT2D eigenvalue weighted by atomic mass is 35.5. The Bertz CT molecular complexity index is 659. The van der Waals surface area contributed by atoms with Gasteiger partial charge in [0, 0.05) is 24.5 Å². The predicted molar refractivity (Wildman–Crippen MR) is 85.9 cm³/mol. The van der Waals surface area contributed by atoms with Gasteiger partial charge in [0.25, 0.3) is 0 Å². The van der Waals surface area contributed by atoms with Crippen LogP contribution in [-0.2, 0) is 10.0 Å². The molecule has 22 heavy (non-hydrogen) atoms. The lowest BCUT2D eigenvalue weighted by Gasteiger charge is -2.42. The number of aromatic nitrogens is 1. The highest BCUT2D eigenvalue weighted by molar-refractivity contribution is 7.89. The fraction of sp³-hybridized carbons (Fsp3) is 0.571. The highest BCUT2D eigenvalue weighted by Crippen LogP contribution is 2.34. The van der Waals surface area contributed by atoms with E-state index in [0.717, 1.165) is 25.7 Å². The summed E-state index contributed by atoms with van der Waals surface area (Å²) in [5.74, 6) is 0.179. The van der Waals surface area contributed by atoms with Crippen LogP contribution in [0.5, 0.6) is 0 Å². The van der Waals surface area contributed by atoms with E-state index in [9.17, 15) is 8.42 Å². The van der Waals surface area contributed by atoms with Gasteiger partial charge in [-0.15, -0.1) is 12.4 Å². The van der Waals surface area contributed by atoms with Crippen molar-refractivity contribution in [3.8, 4) is 6.07 Å². The van der Waals surface area contributed by atoms with Crippen LogP contribution in [0, 0.1) is 17.2 Å². The molecule has 1 saturated carbocycles. The van der Waals surface area contributed by atoms with Crippen molar-refractivity contribution in [2.75, 3.05) is 6.54 Å². The molecule has 1 aromatic rings. The number of nitriles is 1. The molecule has 2 rings (SSSR count). The Hall–Kier alpha value is -1.20. The molecule has 0 bridgehead atoms. The van der Waals surface area contributed by atoms with Crippen LogP contribution in [0.4, 0.5) is 0 Å². The number of halogens is 1. The third-order valence-electron chi connectivity index (χ3n) is 4.31. The van der Waals surface area contributed by atoms with Crippen LogP contribution in [-0.4, -0.2) is 25.5 Å². The van der Waals surface area contributed by atoms with Crippen molar-refractivity contribution in [1.29, 1.82) is 5.26 Å². The SMILES string of the molecule is CC1CCCCC1(CN)NS(=O)(=O)c1cncc(C#N)c1.Cl. The van der Waals surface area contributed by atoms with Crippen LogP contribution in [0.2, 0.25) is 0 Å². The molecule has 6 nitrogen and oxygen atoms in total. The molecule has 1 heterocycles. The molecule has 1 fully saturated rings. The summed E-state index contributed by atoms with van der Waals surface area (Å²) in [4.78, 5) is 3.82. The molecular formula is C14H21ClN4O2S. The van der Waals surface area contributed by atoms with E-state index < -0.39 is 15.6 Å². The van der Waals surface area contributed by atoms with Gasteiger partial charge >= 0.3 is 0 Å². The van der Waals surface area contributed by atoms with Crippen LogP contribution in [0.1, 0.15) is 38.2 Å². The minimum atomic E-state index is -3.74. The third kappa shape index (κ3) is 3.76. The molecule has 2 atom stereocenters. The van der Waals surface area contributed by atoms with Gasteiger partial charge in [0.15, 0.2) is 0 Å². The quantitative estimate of drug-likeness (QED) is 0.861. The van der Waals surface area contributed by atoms with Gasteiger partial charge in [-0.1, -0.05) is 19.8 Å². The van der Waals surface area contributed by atoms with Gasteiger partial charge in [-0.3, -0.25) is 4.98 Å². The van der Waals surface area contributed by atoms with E-state index in [-0.39, 0.29) is 35.3 Å². The molecule has 0 aromatic carbocycles. The molecule has 1 aliphatic carbocycles. The summed E-state index contributed by atoms with van der Waals surface area (Å²) >= 11 is 0. The summed E-state index contributed by atoms with van der Waals surface area (Å²) < 4.78 is 27.9. The van der Waals surface area contributed by atoms with Gasteiger partial charge < -0.3 is 5.73 Å². The first-order chi connectivity index (χ1) is 9.93. The summed E-state index contributed by atoms with van der Waals surface area (Å²) in [6, 6.07) is 3.22. The first kappa shape index (κ1) is 18.8. The van der Waals surface area contributed by atoms with E-state index in [4.69, 9.17) is 11.0 Å². The Morgan fingerprint density at radius 3 is 2.82 bits per heavy atom. The fourth-order valence-corrected chi connectivity index (χ4v) is 4.39. The van der Waals surface area contributed by atoms with Crippen molar-refractivity contribution in [3.05, 3.63) is 24.0 Å². The molecule has 3 N–H and O–H groups in total. The van der Waals surface area contributed by atoms with Gasteiger partial charge in [0.1, 0.15) is 11.0 Å². The van der Waals surface area contributed by atoms with Crippen LogP contribution >= 0.6 is 12.4 Å². The molecule has 0 amide bonds. The topological polar surface area (TPSA) is 109 Å². The summed E-state index contributed by atoms with van der Waals surface area (Å²) in [6.07, 6.45) is 6.32. The molecule has 2 unspecified atom stereocenters. The van der Waals surface area contributed by atoms with Crippen LogP contribution in [0.25, 0.3) is 0 Å². The maximum absolute atomic E-state index is 12.6. The van der Waals surface area contributed by atoms with Crippen molar-refractivity contribution in [2.24, 2.45) is 11.7 Å². The zero-order valence-corrected chi connectivity index (χ0v) is 14.1. The Morgan fingerprint density at radius 1 is 1.50 bits per heavy atom. The van der Waals surface area contributed by atoms with E-state index in [2.05, 4.69) is 9.71 Å². The Labute approximate surface area is 137 Å². The molecule has 122 valence electrons. The van der Waals surface area contributed by atoms with Crippen molar-refractivity contribution in [2.45, 2.75) is 43.0 Å². The average molecular weight is 345 g/mol. The first-order valence-corrected chi connectivity index (χ1v) is 8.51. The van der Waals surface area contributed by atoms with E-state index in [1.165, 1.54) is 18.5 Å². The molecular weight excluding hydrogens is 324 g/mol. The number of sulfonamides is 1. The molecule has 0 spiro atoms. The van der Waals surface area contributed by atoms with Gasteiger partial charge in [0.2, 0.25) is 10.0 Å². The predicted octanol–water partition coefficient (Wildman–Crippen LogP) is 1.56. The molecule has 0 saturated heterocycles. The number of nitrogens with two attached hydrogens (primary N) is 1. The van der Waals surface area contributed by atoms with Gasteiger partial charge in [-0.05, 0) is 24.8 Å². The molecule has 0 radical (unpaired) electrons. The zero-order valence-electron chi connectivity index (χ0n) is 12.4. The standard InChI is InChI=1S/C14H20N4O2S.ClH/c1-11-4-2-3-5-14(11,10-16)18-21(19,20)13-6-12(7-15)8-17-9-13;/h6,8-9,11,18H,2-5,10,16H2,1H3;1H. The Kier molecular flexibility index (Phi) is 6.32. The highest BCUT2D eigenvalue weighted by Gasteiger charge is 2.40. The smallest absolute Gasteiger partial charge is 0.242 e. The Balaban J connectivity index is 0.00000242. The fourth-order valence-electron chi connectivity index (χ4n) is 2.86. The van der Waals surface area contributed by atoms with Crippen LogP contribution in [0.15, 0.2) is 23.4 Å². The summed E-state index contributed by atoms with van der Waals surface area (Å²) in [5, 5.41) is 8.86. The average Bonchev–Trinajstić information content (AvgIpc) is 2.49. The summed E-state index contributed by atoms with van der Waals surface area (Å²) in [6.45, 7) is 2.29. The van der Waals surface area contributed by atoms with Crippen molar-refractivity contribution >= 4 is 22.4 Å². The molecule has 1 aliphatic rings. The zero-order chi connectivity index (χ0) is 15.5. The number of pyridine rings is 1. The number of hydrogen-bond donors (Lipinski definition) is 2. The number of hydrogen-bond acceptors (Lipinski definition) is 5. The second-order valence-corrected chi connectivity index (χ2v) is 7.32. The normalized spacial score (nSPS) is 25.0. The van der Waals surface area contributed by atoms with Gasteiger partial charge in [0.05, 0.1) is 5.56 Å². The lowest BCUT2D eigenvalue weighted by molar-refractivity contribution is 0.191. The van der Waals surface area contributed by atoms with E-state index in [1.54, 1.807) is 0 Å². The second kappa shape index (κ2) is 7.38. The number of nitrogens with zero attached hydrogens (tertiary/aromatic N) is 2. The minimum absolute atomic E-state index is 0. The maximum atomic E-state index is 12.6. The summed E-state index contributed by atoms with van der Waals surface area (Å²) in [5.41, 5.74) is 5.48. The minimum Gasteiger partial charge on any atom is -0.329 e. The van der Waals surface area contributed by atoms with E-state index in [0.29, 0.717) is 0 Å². The molecule has 1 aromatic heterocycles. The maximum Gasteiger partial charge on any atom is 0.242 e. The molecule has 0 aliphatic heterocycles. The lowest BCUT2D eigenvalue weighted by atomic mass is 9.74. The van der Waals surface area contributed by atoms with E-state index in [1.807, 2.05) is 13.0 Å². The first-order valence-electron chi connectivity index (χ1n) is 7.03. The largest absolute Gasteiger partial charge is 0.329 e. The van der Waals surface area contributed by atoms with Gasteiger partial charge in [-0.2, -0.15) is 5.26 Å². The Morgan fingerprint density at radius 2 is 2.23 bits per heavy atom. The number of nitrogens with one attached hydrogen (secondary N) is 1. The van der Waals surface area contributed by atoms with Crippen molar-refractivity contribution in [3.63, 3.8) is 0 Å². The molecule has 8 heteroatoms. The second-order valence-electron chi connectivity index (χ2n) is 5.63. The summed E-state index contributed by atoms with van der Waals surface area (Å²) in [7, 11) is -3.74. The van der Waals surface area contributed by atoms with Gasteiger partial charge in [-0.25, -0.2) is 13.1 Å². The number of rotatable bonds is 4. The van der Waals surface area contributed by atoms with E-state index >= 15 is 0 Å². The van der Waals surface area contributed by atoms with Crippen LogP contribution < -0.4 is 10.5 Å². The third-order valence-corrected chi connectivity index (χ3v) is 5.83. The lowest BCUT2D eigenvalue weighted by Crippen LogP contribution is -2.58. The van der Waals surface area contributed by atoms with Crippen molar-refractivity contribution < 1.29 is 8.42 Å².